The predicted octanol–water partition coefficient (Wildman–Crippen LogP) is 6.14. The van der Waals surface area contributed by atoms with Gasteiger partial charge in [-0.05, 0) is 74.3 Å². The molecule has 1 unspecified atom stereocenters. The molecular formula is C22H25ClN2O. The minimum absolute atomic E-state index is 0.0719. The van der Waals surface area contributed by atoms with Gasteiger partial charge in [0, 0.05) is 22.4 Å². The Bertz CT molecular complexity index is 930. The van der Waals surface area contributed by atoms with Crippen LogP contribution >= 0.6 is 11.6 Å². The molecule has 1 aliphatic carbocycles. The maximum absolute atomic E-state index is 9.27. The van der Waals surface area contributed by atoms with E-state index in [-0.39, 0.29) is 5.54 Å². The van der Waals surface area contributed by atoms with E-state index in [4.69, 9.17) is 11.6 Å². The molecule has 1 atom stereocenters. The minimum atomic E-state index is 0.0719. The molecule has 136 valence electrons. The molecule has 0 radical (unpaired) electrons. The van der Waals surface area contributed by atoms with Crippen molar-refractivity contribution in [1.29, 1.82) is 0 Å². The number of hydrogen-bond donors (Lipinski definition) is 2. The van der Waals surface area contributed by atoms with E-state index in [1.54, 1.807) is 0 Å². The van der Waals surface area contributed by atoms with Crippen molar-refractivity contribution in [2.75, 3.05) is 5.32 Å². The molecule has 0 saturated heterocycles. The predicted molar refractivity (Wildman–Crippen MR) is 109 cm³/mol. The number of benzene rings is 2. The Labute approximate surface area is 160 Å². The lowest BCUT2D eigenvalue weighted by Gasteiger charge is -2.39. The molecule has 0 amide bonds. The van der Waals surface area contributed by atoms with Crippen LogP contribution in [0.25, 0.3) is 11.1 Å². The molecule has 1 heterocycles. The highest BCUT2D eigenvalue weighted by molar-refractivity contribution is 6.35. The van der Waals surface area contributed by atoms with Crippen LogP contribution in [0.15, 0.2) is 29.4 Å². The molecule has 4 heteroatoms. The molecule has 4 rings (SSSR count). The fourth-order valence-corrected chi connectivity index (χ4v) is 5.20. The zero-order valence-electron chi connectivity index (χ0n) is 15.8. The standard InChI is InChI=1S/C22H25ClN2O/c1-12-10-17(14-6-5-7-16-15(14)8-9-18(16)25-26)20(23)19-13(2)11-22(3,4)24-21(12)19/h5-7,10,13,24,26H,8-9,11H2,1-4H3/b25-18-. The molecule has 2 aliphatic rings. The fourth-order valence-electron chi connectivity index (χ4n) is 4.76. The average molecular weight is 369 g/mol. The summed E-state index contributed by atoms with van der Waals surface area (Å²) in [7, 11) is 0. The summed E-state index contributed by atoms with van der Waals surface area (Å²) in [6.07, 6.45) is 2.71. The highest BCUT2D eigenvalue weighted by atomic mass is 35.5. The normalized spacial score (nSPS) is 22.0. The summed E-state index contributed by atoms with van der Waals surface area (Å²) >= 11 is 6.97. The van der Waals surface area contributed by atoms with Crippen molar-refractivity contribution in [3.8, 4) is 11.1 Å². The van der Waals surface area contributed by atoms with Crippen molar-refractivity contribution in [3.63, 3.8) is 0 Å². The second kappa shape index (κ2) is 6.02. The summed E-state index contributed by atoms with van der Waals surface area (Å²) in [6, 6.07) is 8.40. The lowest BCUT2D eigenvalue weighted by molar-refractivity contribution is 0.318. The monoisotopic (exact) mass is 368 g/mol. The van der Waals surface area contributed by atoms with Crippen LogP contribution in [0.4, 0.5) is 5.69 Å². The third-order valence-electron chi connectivity index (χ3n) is 5.78. The molecule has 0 aromatic heterocycles. The van der Waals surface area contributed by atoms with E-state index >= 15 is 0 Å². The second-order valence-corrected chi connectivity index (χ2v) is 8.71. The van der Waals surface area contributed by atoms with E-state index in [0.717, 1.165) is 46.7 Å². The van der Waals surface area contributed by atoms with E-state index < -0.39 is 0 Å². The molecular weight excluding hydrogens is 344 g/mol. The number of nitrogens with one attached hydrogen (secondary N) is 1. The Morgan fingerprint density at radius 3 is 2.65 bits per heavy atom. The van der Waals surface area contributed by atoms with Gasteiger partial charge in [-0.15, -0.1) is 0 Å². The molecule has 2 aromatic carbocycles. The van der Waals surface area contributed by atoms with Crippen LogP contribution < -0.4 is 5.32 Å². The Morgan fingerprint density at radius 1 is 1.19 bits per heavy atom. The summed E-state index contributed by atoms with van der Waals surface area (Å²) in [4.78, 5) is 0. The number of oxime groups is 1. The van der Waals surface area contributed by atoms with Crippen molar-refractivity contribution in [2.45, 2.75) is 58.4 Å². The van der Waals surface area contributed by atoms with Gasteiger partial charge in [0.25, 0.3) is 0 Å². The highest BCUT2D eigenvalue weighted by Gasteiger charge is 2.33. The van der Waals surface area contributed by atoms with E-state index in [0.29, 0.717) is 5.92 Å². The van der Waals surface area contributed by atoms with Crippen LogP contribution in [0.2, 0.25) is 5.02 Å². The van der Waals surface area contributed by atoms with Gasteiger partial charge in [0.2, 0.25) is 0 Å². The first-order chi connectivity index (χ1) is 12.3. The van der Waals surface area contributed by atoms with Gasteiger partial charge >= 0.3 is 0 Å². The maximum atomic E-state index is 9.27. The average Bonchev–Trinajstić information content (AvgIpc) is 3.00. The van der Waals surface area contributed by atoms with Gasteiger partial charge in [-0.2, -0.15) is 0 Å². The third kappa shape index (κ3) is 2.61. The first-order valence-corrected chi connectivity index (χ1v) is 9.65. The van der Waals surface area contributed by atoms with E-state index in [1.165, 1.54) is 22.4 Å². The van der Waals surface area contributed by atoms with Gasteiger partial charge in [-0.3, -0.25) is 0 Å². The number of anilines is 1. The fraction of sp³-hybridized carbons (Fsp3) is 0.409. The van der Waals surface area contributed by atoms with Gasteiger partial charge in [0.1, 0.15) is 0 Å². The Hall–Kier alpha value is -2.00. The largest absolute Gasteiger partial charge is 0.411 e. The topological polar surface area (TPSA) is 44.6 Å². The van der Waals surface area contributed by atoms with Gasteiger partial charge in [0.15, 0.2) is 0 Å². The molecule has 0 spiro atoms. The molecule has 2 aromatic rings. The molecule has 26 heavy (non-hydrogen) atoms. The zero-order chi connectivity index (χ0) is 18.6. The van der Waals surface area contributed by atoms with Crippen LogP contribution in [-0.2, 0) is 6.42 Å². The second-order valence-electron chi connectivity index (χ2n) is 8.34. The molecule has 2 N–H and O–H groups in total. The van der Waals surface area contributed by atoms with Crippen molar-refractivity contribution in [1.82, 2.24) is 0 Å². The number of rotatable bonds is 1. The van der Waals surface area contributed by atoms with Crippen molar-refractivity contribution in [3.05, 3.63) is 51.5 Å². The smallest absolute Gasteiger partial charge is 0.0874 e. The van der Waals surface area contributed by atoms with Gasteiger partial charge in [-0.1, -0.05) is 41.9 Å². The lowest BCUT2D eigenvalue weighted by atomic mass is 9.79. The Balaban J connectivity index is 1.93. The quantitative estimate of drug-likeness (QED) is 0.469. The summed E-state index contributed by atoms with van der Waals surface area (Å²) in [5, 5.41) is 17.3. The van der Waals surface area contributed by atoms with Crippen LogP contribution in [0.3, 0.4) is 0 Å². The molecule has 0 saturated carbocycles. The van der Waals surface area contributed by atoms with Crippen molar-refractivity contribution in [2.24, 2.45) is 5.16 Å². The van der Waals surface area contributed by atoms with E-state index in [2.05, 4.69) is 50.3 Å². The van der Waals surface area contributed by atoms with Crippen molar-refractivity contribution >= 4 is 23.0 Å². The third-order valence-corrected chi connectivity index (χ3v) is 6.19. The number of hydrogen-bond acceptors (Lipinski definition) is 3. The number of aryl methyl sites for hydroxylation is 1. The zero-order valence-corrected chi connectivity index (χ0v) is 16.5. The first-order valence-electron chi connectivity index (χ1n) is 9.27. The van der Waals surface area contributed by atoms with Crippen molar-refractivity contribution < 1.29 is 5.21 Å². The molecule has 1 aliphatic heterocycles. The molecule has 3 nitrogen and oxygen atoms in total. The summed E-state index contributed by atoms with van der Waals surface area (Å²) in [6.45, 7) is 8.91. The van der Waals surface area contributed by atoms with E-state index in [9.17, 15) is 5.21 Å². The Morgan fingerprint density at radius 2 is 1.92 bits per heavy atom. The summed E-state index contributed by atoms with van der Waals surface area (Å²) < 4.78 is 0. The number of halogens is 1. The molecule has 0 bridgehead atoms. The van der Waals surface area contributed by atoms with Gasteiger partial charge in [0.05, 0.1) is 10.7 Å². The van der Waals surface area contributed by atoms with E-state index in [1.807, 2.05) is 12.1 Å². The molecule has 0 fully saturated rings. The lowest BCUT2D eigenvalue weighted by Crippen LogP contribution is -2.37. The number of nitrogens with zero attached hydrogens (tertiary/aromatic N) is 1. The minimum Gasteiger partial charge on any atom is -0.411 e. The highest BCUT2D eigenvalue weighted by Crippen LogP contribution is 2.48. The first kappa shape index (κ1) is 17.4. The Kier molecular flexibility index (Phi) is 4.03. The number of fused-ring (bicyclic) bond motifs is 2. The summed E-state index contributed by atoms with van der Waals surface area (Å²) in [5.41, 5.74) is 9.02. The van der Waals surface area contributed by atoms with Gasteiger partial charge in [-0.25, -0.2) is 0 Å². The SMILES string of the molecule is Cc1cc(-c2cccc3c2CC/C3=N/O)c(Cl)c2c1NC(C)(C)CC2C. The summed E-state index contributed by atoms with van der Waals surface area (Å²) in [5.74, 6) is 0.402. The van der Waals surface area contributed by atoms with Gasteiger partial charge < -0.3 is 10.5 Å². The van der Waals surface area contributed by atoms with Crippen LogP contribution in [-0.4, -0.2) is 16.5 Å². The van der Waals surface area contributed by atoms with Crippen LogP contribution in [0.5, 0.6) is 0 Å². The van der Waals surface area contributed by atoms with Crippen LogP contribution in [0.1, 0.15) is 61.8 Å². The maximum Gasteiger partial charge on any atom is 0.0874 e. The van der Waals surface area contributed by atoms with Crippen LogP contribution in [0, 0.1) is 6.92 Å².